The summed E-state index contributed by atoms with van der Waals surface area (Å²) in [6.45, 7) is 1.58. The van der Waals surface area contributed by atoms with E-state index in [4.69, 9.17) is 4.42 Å². The molecule has 1 heterocycles. The van der Waals surface area contributed by atoms with Crippen molar-refractivity contribution in [3.8, 4) is 0 Å². The van der Waals surface area contributed by atoms with Gasteiger partial charge in [-0.05, 0) is 55.5 Å². The zero-order valence-electron chi connectivity index (χ0n) is 16.4. The molecule has 1 aromatic heterocycles. The van der Waals surface area contributed by atoms with Crippen molar-refractivity contribution in [2.45, 2.75) is 6.92 Å². The standard InChI is InChI=1S/C23H17N3O5/c1-14-12-16(6-11-19(14)26(29)30)22(27)24-17-7-9-18(10-8-17)25-23(28)21-13-15-4-2-3-5-20(15)31-21/h2-13H,1H3,(H,24,27)(H,25,28). The number of anilines is 2. The van der Waals surface area contributed by atoms with Gasteiger partial charge in [0.25, 0.3) is 17.5 Å². The lowest BCUT2D eigenvalue weighted by molar-refractivity contribution is -0.385. The molecule has 0 fully saturated rings. The van der Waals surface area contributed by atoms with Crippen LogP contribution < -0.4 is 10.6 Å². The number of benzene rings is 3. The average molecular weight is 415 g/mol. The number of nitro benzene ring substituents is 1. The molecule has 154 valence electrons. The minimum Gasteiger partial charge on any atom is -0.451 e. The molecule has 0 aliphatic heterocycles. The lowest BCUT2D eigenvalue weighted by Crippen LogP contribution is -2.13. The van der Waals surface area contributed by atoms with Gasteiger partial charge in [0.1, 0.15) is 5.58 Å². The maximum Gasteiger partial charge on any atom is 0.291 e. The minimum absolute atomic E-state index is 0.0407. The Hall–Kier alpha value is -4.46. The van der Waals surface area contributed by atoms with Crippen molar-refractivity contribution in [2.24, 2.45) is 0 Å². The topological polar surface area (TPSA) is 114 Å². The summed E-state index contributed by atoms with van der Waals surface area (Å²) < 4.78 is 5.55. The number of carbonyl (C=O) groups is 2. The van der Waals surface area contributed by atoms with Crippen LogP contribution in [0.3, 0.4) is 0 Å². The lowest BCUT2D eigenvalue weighted by Gasteiger charge is -2.08. The Kier molecular flexibility index (Phi) is 5.19. The molecule has 8 nitrogen and oxygen atoms in total. The Morgan fingerprint density at radius 2 is 1.52 bits per heavy atom. The third-order valence-corrected chi connectivity index (χ3v) is 4.71. The zero-order chi connectivity index (χ0) is 22.0. The third kappa shape index (κ3) is 4.27. The van der Waals surface area contributed by atoms with Gasteiger partial charge in [0.05, 0.1) is 4.92 Å². The number of nitrogens with one attached hydrogen (secondary N) is 2. The van der Waals surface area contributed by atoms with Gasteiger partial charge in [-0.3, -0.25) is 19.7 Å². The number of nitrogens with zero attached hydrogens (tertiary/aromatic N) is 1. The van der Waals surface area contributed by atoms with Crippen LogP contribution >= 0.6 is 0 Å². The maximum absolute atomic E-state index is 12.4. The van der Waals surface area contributed by atoms with Gasteiger partial charge in [-0.1, -0.05) is 18.2 Å². The number of rotatable bonds is 5. The number of hydrogen-bond acceptors (Lipinski definition) is 5. The molecule has 4 rings (SSSR count). The first-order valence-corrected chi connectivity index (χ1v) is 9.37. The molecule has 0 aliphatic rings. The molecule has 0 atom stereocenters. The van der Waals surface area contributed by atoms with Gasteiger partial charge >= 0.3 is 0 Å². The summed E-state index contributed by atoms with van der Waals surface area (Å²) in [7, 11) is 0. The van der Waals surface area contributed by atoms with E-state index in [1.54, 1.807) is 43.3 Å². The molecule has 0 bridgehead atoms. The Bertz CT molecular complexity index is 1280. The molecule has 0 aliphatic carbocycles. The summed E-state index contributed by atoms with van der Waals surface area (Å²) in [5.74, 6) is -0.571. The monoisotopic (exact) mass is 415 g/mol. The van der Waals surface area contributed by atoms with Crippen LogP contribution in [0.5, 0.6) is 0 Å². The highest BCUT2D eigenvalue weighted by Gasteiger charge is 2.15. The molecule has 0 spiro atoms. The Morgan fingerprint density at radius 1 is 0.871 bits per heavy atom. The summed E-state index contributed by atoms with van der Waals surface area (Å²) in [4.78, 5) is 35.3. The number of aryl methyl sites for hydroxylation is 1. The van der Waals surface area contributed by atoms with Crippen LogP contribution in [-0.4, -0.2) is 16.7 Å². The van der Waals surface area contributed by atoms with Crippen LogP contribution in [-0.2, 0) is 0 Å². The third-order valence-electron chi connectivity index (χ3n) is 4.71. The van der Waals surface area contributed by atoms with E-state index in [0.717, 1.165) is 5.39 Å². The van der Waals surface area contributed by atoms with E-state index < -0.39 is 10.8 Å². The Balaban J connectivity index is 1.42. The summed E-state index contributed by atoms with van der Waals surface area (Å²) in [5.41, 5.74) is 2.36. The van der Waals surface area contributed by atoms with Crippen molar-refractivity contribution in [3.05, 3.63) is 99.8 Å². The van der Waals surface area contributed by atoms with E-state index in [1.807, 2.05) is 18.2 Å². The molecule has 0 saturated carbocycles. The van der Waals surface area contributed by atoms with Crippen LogP contribution in [0, 0.1) is 17.0 Å². The van der Waals surface area contributed by atoms with E-state index in [2.05, 4.69) is 10.6 Å². The highest BCUT2D eigenvalue weighted by atomic mass is 16.6. The Morgan fingerprint density at radius 3 is 2.13 bits per heavy atom. The van der Waals surface area contributed by atoms with E-state index in [9.17, 15) is 19.7 Å². The van der Waals surface area contributed by atoms with Crippen LogP contribution in [0.15, 0.2) is 77.2 Å². The van der Waals surface area contributed by atoms with E-state index in [0.29, 0.717) is 28.1 Å². The molecule has 8 heteroatoms. The molecule has 0 unspecified atom stereocenters. The van der Waals surface area contributed by atoms with Gasteiger partial charge in [-0.25, -0.2) is 0 Å². The van der Waals surface area contributed by atoms with Gasteiger partial charge in [0, 0.05) is 34.0 Å². The van der Waals surface area contributed by atoms with Gasteiger partial charge in [0.2, 0.25) is 0 Å². The fourth-order valence-corrected chi connectivity index (χ4v) is 3.13. The predicted octanol–water partition coefficient (Wildman–Crippen LogP) is 5.15. The SMILES string of the molecule is Cc1cc(C(=O)Nc2ccc(NC(=O)c3cc4ccccc4o3)cc2)ccc1[N+](=O)[O-]. The number of amides is 2. The van der Waals surface area contributed by atoms with Gasteiger partial charge < -0.3 is 15.1 Å². The van der Waals surface area contributed by atoms with E-state index >= 15 is 0 Å². The number of para-hydroxylation sites is 1. The number of carbonyl (C=O) groups excluding carboxylic acids is 2. The van der Waals surface area contributed by atoms with Crippen molar-refractivity contribution in [1.29, 1.82) is 0 Å². The van der Waals surface area contributed by atoms with Crippen molar-refractivity contribution >= 4 is 39.8 Å². The van der Waals surface area contributed by atoms with E-state index in [-0.39, 0.29) is 17.4 Å². The molecule has 2 amide bonds. The second-order valence-corrected chi connectivity index (χ2v) is 6.89. The van der Waals surface area contributed by atoms with Crippen molar-refractivity contribution in [2.75, 3.05) is 10.6 Å². The molecular weight excluding hydrogens is 398 g/mol. The van der Waals surface area contributed by atoms with Crippen LogP contribution in [0.2, 0.25) is 0 Å². The summed E-state index contributed by atoms with van der Waals surface area (Å²) in [6.07, 6.45) is 0. The van der Waals surface area contributed by atoms with Gasteiger partial charge in [0.15, 0.2) is 5.76 Å². The smallest absolute Gasteiger partial charge is 0.291 e. The number of hydrogen-bond donors (Lipinski definition) is 2. The minimum atomic E-state index is -0.491. The van der Waals surface area contributed by atoms with Crippen LogP contribution in [0.1, 0.15) is 26.5 Å². The predicted molar refractivity (Wildman–Crippen MR) is 116 cm³/mol. The van der Waals surface area contributed by atoms with Gasteiger partial charge in [-0.15, -0.1) is 0 Å². The first-order chi connectivity index (χ1) is 14.9. The maximum atomic E-state index is 12.4. The highest BCUT2D eigenvalue weighted by Crippen LogP contribution is 2.22. The molecular formula is C23H17N3O5. The average Bonchev–Trinajstić information content (AvgIpc) is 3.19. The molecule has 31 heavy (non-hydrogen) atoms. The summed E-state index contributed by atoms with van der Waals surface area (Å²) >= 11 is 0. The first-order valence-electron chi connectivity index (χ1n) is 9.37. The van der Waals surface area contributed by atoms with Crippen molar-refractivity contribution in [3.63, 3.8) is 0 Å². The van der Waals surface area contributed by atoms with Gasteiger partial charge in [-0.2, -0.15) is 0 Å². The molecule has 4 aromatic rings. The largest absolute Gasteiger partial charge is 0.451 e. The van der Waals surface area contributed by atoms with Crippen molar-refractivity contribution in [1.82, 2.24) is 0 Å². The molecule has 0 radical (unpaired) electrons. The second kappa shape index (κ2) is 8.11. The molecule has 0 saturated heterocycles. The molecule has 2 N–H and O–H groups in total. The Labute approximate surface area is 176 Å². The molecule has 3 aromatic carbocycles. The fourth-order valence-electron chi connectivity index (χ4n) is 3.13. The number of fused-ring (bicyclic) bond motifs is 1. The normalized spacial score (nSPS) is 10.6. The number of furan rings is 1. The number of nitro groups is 1. The van der Waals surface area contributed by atoms with Crippen molar-refractivity contribution < 1.29 is 18.9 Å². The first kappa shape index (κ1) is 19.8. The van der Waals surface area contributed by atoms with Crippen LogP contribution in [0.4, 0.5) is 17.1 Å². The zero-order valence-corrected chi connectivity index (χ0v) is 16.4. The van der Waals surface area contributed by atoms with Crippen LogP contribution in [0.25, 0.3) is 11.0 Å². The van der Waals surface area contributed by atoms with E-state index in [1.165, 1.54) is 18.2 Å². The summed E-state index contributed by atoms with van der Waals surface area (Å²) in [5, 5.41) is 17.2. The highest BCUT2D eigenvalue weighted by molar-refractivity contribution is 6.06. The lowest BCUT2D eigenvalue weighted by atomic mass is 10.1. The second-order valence-electron chi connectivity index (χ2n) is 6.89. The quantitative estimate of drug-likeness (QED) is 0.345. The fraction of sp³-hybridized carbons (Fsp3) is 0.0435. The summed E-state index contributed by atoms with van der Waals surface area (Å²) in [6, 6.07) is 19.8.